The van der Waals surface area contributed by atoms with Crippen LogP contribution in [0.2, 0.25) is 20.1 Å². The van der Waals surface area contributed by atoms with Gasteiger partial charge in [-0.05, 0) is 97.5 Å². The largest absolute Gasteiger partial charge is 0.361 e. The summed E-state index contributed by atoms with van der Waals surface area (Å²) in [7, 11) is 0. The lowest BCUT2D eigenvalue weighted by atomic mass is 9.91. The summed E-state index contributed by atoms with van der Waals surface area (Å²) < 4.78 is 11.9. The normalized spacial score (nSPS) is 22.1. The lowest BCUT2D eigenvalue weighted by Gasteiger charge is -2.44. The highest BCUT2D eigenvalue weighted by molar-refractivity contribution is 6.31. The molecule has 0 spiro atoms. The van der Waals surface area contributed by atoms with E-state index in [-0.39, 0.29) is 61.4 Å². The van der Waals surface area contributed by atoms with Gasteiger partial charge in [-0.25, -0.2) is 0 Å². The van der Waals surface area contributed by atoms with Gasteiger partial charge in [0.05, 0.1) is 12.1 Å². The molecule has 0 radical (unpaired) electrons. The predicted molar refractivity (Wildman–Crippen MR) is 202 cm³/mol. The van der Waals surface area contributed by atoms with E-state index in [1.807, 2.05) is 107 Å². The van der Waals surface area contributed by atoms with Gasteiger partial charge in [0.15, 0.2) is 0 Å². The fourth-order valence-electron chi connectivity index (χ4n) is 6.60. The molecule has 6 rings (SSSR count). The van der Waals surface area contributed by atoms with Gasteiger partial charge in [-0.3, -0.25) is 9.59 Å². The molecular weight excluding hydrogens is 714 g/mol. The molecule has 0 bridgehead atoms. The molecule has 2 aliphatic heterocycles. The van der Waals surface area contributed by atoms with Crippen molar-refractivity contribution < 1.29 is 19.1 Å². The Bertz CT molecular complexity index is 1620. The zero-order chi connectivity index (χ0) is 35.9. The highest BCUT2D eigenvalue weighted by Gasteiger charge is 2.42. The van der Waals surface area contributed by atoms with Gasteiger partial charge >= 0.3 is 0 Å². The number of morpholine rings is 2. The Morgan fingerprint density at radius 2 is 0.920 bits per heavy atom. The molecule has 0 saturated carbocycles. The molecule has 2 fully saturated rings. The molecular formula is C40H42Cl4N2O4. The molecule has 6 atom stereocenters. The maximum Gasteiger partial charge on any atom is 0.249 e. The second-order valence-electron chi connectivity index (χ2n) is 12.7. The summed E-state index contributed by atoms with van der Waals surface area (Å²) in [6, 6.07) is 30.3. The zero-order valence-electron chi connectivity index (χ0n) is 28.6. The molecule has 6 nitrogen and oxygen atoms in total. The van der Waals surface area contributed by atoms with E-state index >= 15 is 0 Å². The van der Waals surface area contributed by atoms with Crippen LogP contribution < -0.4 is 0 Å². The van der Waals surface area contributed by atoms with Crippen molar-refractivity contribution in [2.24, 2.45) is 0 Å². The Labute approximate surface area is 315 Å². The molecule has 4 aromatic carbocycles. The van der Waals surface area contributed by atoms with Crippen molar-refractivity contribution in [1.29, 1.82) is 0 Å². The van der Waals surface area contributed by atoms with E-state index in [9.17, 15) is 9.59 Å². The topological polar surface area (TPSA) is 59.1 Å². The average molecular weight is 757 g/mol. The Kier molecular flexibility index (Phi) is 13.3. The van der Waals surface area contributed by atoms with E-state index in [1.54, 1.807) is 0 Å². The standard InChI is InChI=1S/2C20H21Cl2NO2/c2*1-3-13(2)23-18(24)12-25-20(15-5-4-6-17(22)11-15)19(23)14-7-9-16(21)10-8-14/h2*4-11,13,19-20H,3,12H2,1-2H3/t13-,19+,20+;13-,19-,20-/m01/s1. The van der Waals surface area contributed by atoms with Crippen LogP contribution in [0.25, 0.3) is 0 Å². The molecule has 0 aliphatic carbocycles. The number of rotatable bonds is 8. The van der Waals surface area contributed by atoms with Crippen LogP contribution in [0.1, 0.15) is 87.1 Å². The second-order valence-corrected chi connectivity index (χ2v) is 14.4. The van der Waals surface area contributed by atoms with E-state index in [1.165, 1.54) is 0 Å². The number of nitrogens with zero attached hydrogens (tertiary/aromatic N) is 2. The van der Waals surface area contributed by atoms with Crippen molar-refractivity contribution in [2.75, 3.05) is 13.2 Å². The van der Waals surface area contributed by atoms with Crippen LogP contribution in [0.15, 0.2) is 97.1 Å². The van der Waals surface area contributed by atoms with Gasteiger partial charge in [0.1, 0.15) is 25.4 Å². The van der Waals surface area contributed by atoms with Crippen LogP contribution in [-0.4, -0.2) is 46.9 Å². The summed E-state index contributed by atoms with van der Waals surface area (Å²) in [4.78, 5) is 29.2. The predicted octanol–water partition coefficient (Wildman–Crippen LogP) is 10.9. The third kappa shape index (κ3) is 8.85. The monoisotopic (exact) mass is 754 g/mol. The first-order valence-corrected chi connectivity index (χ1v) is 18.4. The number of halogens is 4. The quantitative estimate of drug-likeness (QED) is 0.180. The summed E-state index contributed by atoms with van der Waals surface area (Å²) in [6.07, 6.45) is 1.20. The molecule has 10 heteroatoms. The molecule has 2 heterocycles. The Morgan fingerprint density at radius 3 is 1.24 bits per heavy atom. The average Bonchev–Trinajstić information content (AvgIpc) is 3.11. The molecule has 0 N–H and O–H groups in total. The minimum Gasteiger partial charge on any atom is -0.361 e. The van der Waals surface area contributed by atoms with Crippen molar-refractivity contribution >= 4 is 58.2 Å². The van der Waals surface area contributed by atoms with Crippen molar-refractivity contribution in [3.8, 4) is 0 Å². The van der Waals surface area contributed by atoms with Crippen LogP contribution in [-0.2, 0) is 19.1 Å². The second kappa shape index (κ2) is 17.4. The molecule has 2 saturated heterocycles. The summed E-state index contributed by atoms with van der Waals surface area (Å²) in [6.45, 7) is 8.46. The van der Waals surface area contributed by atoms with Crippen molar-refractivity contribution in [2.45, 2.75) is 76.9 Å². The van der Waals surface area contributed by atoms with Gasteiger partial charge in [-0.1, -0.05) is 109 Å². The lowest BCUT2D eigenvalue weighted by Crippen LogP contribution is -2.49. The number of carbonyl (C=O) groups excluding carboxylic acids is 2. The molecule has 2 amide bonds. The van der Waals surface area contributed by atoms with Gasteiger partial charge in [0, 0.05) is 32.2 Å². The molecule has 4 aromatic rings. The zero-order valence-corrected chi connectivity index (χ0v) is 31.6. The molecule has 2 aliphatic rings. The smallest absolute Gasteiger partial charge is 0.249 e. The fourth-order valence-corrected chi connectivity index (χ4v) is 7.25. The maximum absolute atomic E-state index is 12.6. The van der Waals surface area contributed by atoms with E-state index in [2.05, 4.69) is 27.7 Å². The Morgan fingerprint density at radius 1 is 0.560 bits per heavy atom. The van der Waals surface area contributed by atoms with Gasteiger partial charge in [0.25, 0.3) is 0 Å². The molecule has 264 valence electrons. The van der Waals surface area contributed by atoms with Gasteiger partial charge in [0.2, 0.25) is 11.8 Å². The van der Waals surface area contributed by atoms with Crippen molar-refractivity contribution in [3.63, 3.8) is 0 Å². The summed E-state index contributed by atoms with van der Waals surface area (Å²) in [5.74, 6) is 0.0140. The van der Waals surface area contributed by atoms with Gasteiger partial charge < -0.3 is 19.3 Å². The van der Waals surface area contributed by atoms with Crippen molar-refractivity contribution in [1.82, 2.24) is 9.80 Å². The van der Waals surface area contributed by atoms with E-state index in [0.29, 0.717) is 20.1 Å². The highest BCUT2D eigenvalue weighted by atomic mass is 35.5. The number of amides is 2. The van der Waals surface area contributed by atoms with Crippen molar-refractivity contribution in [3.05, 3.63) is 139 Å². The summed E-state index contributed by atoms with van der Waals surface area (Å²) >= 11 is 24.5. The molecule has 0 aromatic heterocycles. The number of benzene rings is 4. The van der Waals surface area contributed by atoms with E-state index in [4.69, 9.17) is 55.9 Å². The van der Waals surface area contributed by atoms with Crippen LogP contribution in [0.4, 0.5) is 0 Å². The van der Waals surface area contributed by atoms with E-state index in [0.717, 1.165) is 35.1 Å². The summed E-state index contributed by atoms with van der Waals surface area (Å²) in [5, 5.41) is 2.65. The first kappa shape index (κ1) is 38.1. The minimum atomic E-state index is -0.272. The Balaban J connectivity index is 0.000000194. The fraction of sp³-hybridized carbons (Fsp3) is 0.350. The van der Waals surface area contributed by atoms with Gasteiger partial charge in [-0.15, -0.1) is 0 Å². The molecule has 50 heavy (non-hydrogen) atoms. The third-order valence-electron chi connectivity index (χ3n) is 9.43. The van der Waals surface area contributed by atoms with Crippen LogP contribution in [0.3, 0.4) is 0 Å². The van der Waals surface area contributed by atoms with Gasteiger partial charge in [-0.2, -0.15) is 0 Å². The van der Waals surface area contributed by atoms with Crippen LogP contribution in [0.5, 0.6) is 0 Å². The molecule has 0 unspecified atom stereocenters. The summed E-state index contributed by atoms with van der Waals surface area (Å²) in [5.41, 5.74) is 3.94. The highest BCUT2D eigenvalue weighted by Crippen LogP contribution is 2.43. The lowest BCUT2D eigenvalue weighted by molar-refractivity contribution is -0.163. The first-order valence-electron chi connectivity index (χ1n) is 16.9. The third-order valence-corrected chi connectivity index (χ3v) is 10.4. The van der Waals surface area contributed by atoms with Crippen LogP contribution in [0, 0.1) is 0 Å². The first-order chi connectivity index (χ1) is 24.0. The van der Waals surface area contributed by atoms with E-state index < -0.39 is 0 Å². The maximum atomic E-state index is 12.6. The minimum absolute atomic E-state index is 0.00702. The number of hydrogen-bond acceptors (Lipinski definition) is 4. The SMILES string of the molecule is CC[C@@H](C)N1C(=O)CO[C@H](c2cccc(Cl)c2)[C@H]1c1ccc(Cl)cc1.CC[C@H](C)N1C(=O)CO[C@H](c2cccc(Cl)c2)[C@H]1c1ccc(Cl)cc1. The number of carbonyl (C=O) groups is 2. The number of ether oxygens (including phenoxy) is 2. The number of hydrogen-bond donors (Lipinski definition) is 0. The Hall–Kier alpha value is -3.10. The van der Waals surface area contributed by atoms with Crippen LogP contribution >= 0.6 is 46.4 Å².